The van der Waals surface area contributed by atoms with E-state index in [9.17, 15) is 14.4 Å². The van der Waals surface area contributed by atoms with Crippen LogP contribution in [0.3, 0.4) is 0 Å². The highest BCUT2D eigenvalue weighted by Gasteiger charge is 2.18. The molecule has 0 aromatic rings. The van der Waals surface area contributed by atoms with Gasteiger partial charge in [0.1, 0.15) is 0 Å². The second-order valence-corrected chi connectivity index (χ2v) is 3.98. The average molecular weight is 274 g/mol. The molecule has 0 aliphatic carbocycles. The first kappa shape index (κ1) is 17.2. The van der Waals surface area contributed by atoms with Gasteiger partial charge in [-0.3, -0.25) is 9.59 Å². The van der Waals surface area contributed by atoms with Crippen LogP contribution in [0.5, 0.6) is 0 Å². The lowest BCUT2D eigenvalue weighted by atomic mass is 10.3. The number of nitrogens with zero attached hydrogens (tertiary/aromatic N) is 2. The number of aliphatic carboxylic acids is 1. The number of amides is 2. The van der Waals surface area contributed by atoms with Crippen molar-refractivity contribution in [1.82, 2.24) is 9.80 Å². The molecule has 7 nitrogen and oxygen atoms in total. The first-order valence-electron chi connectivity index (χ1n) is 6.29. The molecular formula is C12H22N2O5. The van der Waals surface area contributed by atoms with Crippen molar-refractivity contribution in [3.05, 3.63) is 0 Å². The van der Waals surface area contributed by atoms with Gasteiger partial charge in [0, 0.05) is 26.7 Å². The second kappa shape index (κ2) is 9.18. The summed E-state index contributed by atoms with van der Waals surface area (Å²) in [6.45, 7) is 4.65. The zero-order valence-corrected chi connectivity index (χ0v) is 11.7. The van der Waals surface area contributed by atoms with Crippen LogP contribution in [0.1, 0.15) is 26.7 Å². The van der Waals surface area contributed by atoms with E-state index in [1.807, 2.05) is 0 Å². The average Bonchev–Trinajstić information content (AvgIpc) is 2.36. The Bertz CT molecular complexity index is 319. The summed E-state index contributed by atoms with van der Waals surface area (Å²) < 4.78 is 4.77. The Labute approximate surface area is 113 Å². The first-order valence-corrected chi connectivity index (χ1v) is 6.29. The monoisotopic (exact) mass is 274 g/mol. The van der Waals surface area contributed by atoms with Crippen molar-refractivity contribution in [2.75, 3.05) is 33.3 Å². The standard InChI is InChI=1S/C12H22N2O5/c1-4-14(9-6-10(15)16)12(18)13(3)8-7-11(17)19-5-2/h4-9H2,1-3H3,(H,15,16). The van der Waals surface area contributed by atoms with Crippen LogP contribution < -0.4 is 0 Å². The number of carbonyl (C=O) groups excluding carboxylic acids is 2. The molecule has 110 valence electrons. The van der Waals surface area contributed by atoms with Gasteiger partial charge in [0.2, 0.25) is 0 Å². The maximum atomic E-state index is 12.0. The number of carboxylic acid groups (broad SMARTS) is 1. The summed E-state index contributed by atoms with van der Waals surface area (Å²) >= 11 is 0. The Hall–Kier alpha value is -1.79. The van der Waals surface area contributed by atoms with Crippen LogP contribution in [-0.4, -0.2) is 66.2 Å². The molecule has 0 bridgehead atoms. The van der Waals surface area contributed by atoms with Crippen molar-refractivity contribution in [2.45, 2.75) is 26.7 Å². The van der Waals surface area contributed by atoms with Gasteiger partial charge in [-0.2, -0.15) is 0 Å². The number of hydrogen-bond donors (Lipinski definition) is 1. The Kier molecular flexibility index (Phi) is 8.32. The molecule has 0 aromatic heterocycles. The quantitative estimate of drug-likeness (QED) is 0.661. The fraction of sp³-hybridized carbons (Fsp3) is 0.750. The molecule has 19 heavy (non-hydrogen) atoms. The number of hydrogen-bond acceptors (Lipinski definition) is 4. The highest BCUT2D eigenvalue weighted by molar-refractivity contribution is 5.76. The maximum Gasteiger partial charge on any atom is 0.319 e. The number of rotatable bonds is 8. The smallest absolute Gasteiger partial charge is 0.319 e. The summed E-state index contributed by atoms with van der Waals surface area (Å²) in [5.74, 6) is -1.30. The maximum absolute atomic E-state index is 12.0. The minimum Gasteiger partial charge on any atom is -0.481 e. The summed E-state index contributed by atoms with van der Waals surface area (Å²) in [5, 5.41) is 8.60. The topological polar surface area (TPSA) is 87.2 Å². The van der Waals surface area contributed by atoms with Crippen LogP contribution in [0.2, 0.25) is 0 Å². The van der Waals surface area contributed by atoms with E-state index in [1.165, 1.54) is 9.80 Å². The molecular weight excluding hydrogens is 252 g/mol. The third kappa shape index (κ3) is 7.28. The molecule has 0 saturated heterocycles. The van der Waals surface area contributed by atoms with Crippen molar-refractivity contribution in [2.24, 2.45) is 0 Å². The van der Waals surface area contributed by atoms with E-state index < -0.39 is 5.97 Å². The van der Waals surface area contributed by atoms with Crippen molar-refractivity contribution in [3.8, 4) is 0 Å². The molecule has 7 heteroatoms. The normalized spacial score (nSPS) is 9.84. The van der Waals surface area contributed by atoms with Gasteiger partial charge in [0.05, 0.1) is 19.4 Å². The van der Waals surface area contributed by atoms with Crippen molar-refractivity contribution >= 4 is 18.0 Å². The fourth-order valence-corrected chi connectivity index (χ4v) is 1.45. The molecule has 0 radical (unpaired) electrons. The molecule has 0 aromatic carbocycles. The summed E-state index contributed by atoms with van der Waals surface area (Å²) in [7, 11) is 1.57. The highest BCUT2D eigenvalue weighted by Crippen LogP contribution is 2.00. The number of esters is 1. The Morgan fingerprint density at radius 1 is 1.11 bits per heavy atom. The molecule has 0 rings (SSSR count). The molecule has 0 spiro atoms. The van der Waals surface area contributed by atoms with Gasteiger partial charge in [-0.1, -0.05) is 0 Å². The van der Waals surface area contributed by atoms with Crippen LogP contribution in [0.4, 0.5) is 4.79 Å². The van der Waals surface area contributed by atoms with Crippen LogP contribution in [0.15, 0.2) is 0 Å². The third-order valence-electron chi connectivity index (χ3n) is 2.53. The fourth-order valence-electron chi connectivity index (χ4n) is 1.45. The van der Waals surface area contributed by atoms with Gasteiger partial charge in [-0.05, 0) is 13.8 Å². The summed E-state index contributed by atoms with van der Waals surface area (Å²) in [5.41, 5.74) is 0. The molecule has 0 fully saturated rings. The van der Waals surface area contributed by atoms with Gasteiger partial charge in [-0.25, -0.2) is 4.79 Å². The number of carbonyl (C=O) groups is 3. The van der Waals surface area contributed by atoms with E-state index in [0.717, 1.165) is 0 Å². The van der Waals surface area contributed by atoms with Crippen molar-refractivity contribution < 1.29 is 24.2 Å². The molecule has 0 heterocycles. The van der Waals surface area contributed by atoms with Gasteiger partial charge in [0.25, 0.3) is 0 Å². The predicted octanol–water partition coefficient (Wildman–Crippen LogP) is 0.788. The Balaban J connectivity index is 4.20. The van der Waals surface area contributed by atoms with Gasteiger partial charge < -0.3 is 19.6 Å². The molecule has 1 N–H and O–H groups in total. The molecule has 0 aliphatic heterocycles. The molecule has 0 saturated carbocycles. The van der Waals surface area contributed by atoms with E-state index >= 15 is 0 Å². The van der Waals surface area contributed by atoms with E-state index in [1.54, 1.807) is 20.9 Å². The summed E-state index contributed by atoms with van der Waals surface area (Å²) in [6.07, 6.45) is 0.0395. The predicted molar refractivity (Wildman–Crippen MR) is 68.8 cm³/mol. The minimum atomic E-state index is -0.944. The lowest BCUT2D eigenvalue weighted by Crippen LogP contribution is -2.42. The number of ether oxygens (including phenoxy) is 1. The molecule has 2 amide bonds. The molecule has 0 atom stereocenters. The van der Waals surface area contributed by atoms with Crippen LogP contribution >= 0.6 is 0 Å². The summed E-state index contributed by atoms with van der Waals surface area (Å²) in [6, 6.07) is -0.284. The lowest BCUT2D eigenvalue weighted by Gasteiger charge is -2.26. The lowest BCUT2D eigenvalue weighted by molar-refractivity contribution is -0.143. The summed E-state index contributed by atoms with van der Waals surface area (Å²) in [4.78, 5) is 36.4. The minimum absolute atomic E-state index is 0.0920. The Morgan fingerprint density at radius 3 is 2.21 bits per heavy atom. The largest absolute Gasteiger partial charge is 0.481 e. The second-order valence-electron chi connectivity index (χ2n) is 3.98. The van der Waals surface area contributed by atoms with E-state index in [0.29, 0.717) is 13.2 Å². The number of urea groups is 1. The molecule has 0 unspecified atom stereocenters. The number of carboxylic acids is 1. The van der Waals surface area contributed by atoms with E-state index in [4.69, 9.17) is 9.84 Å². The van der Waals surface area contributed by atoms with Crippen LogP contribution in [0.25, 0.3) is 0 Å². The van der Waals surface area contributed by atoms with Gasteiger partial charge in [-0.15, -0.1) is 0 Å². The zero-order valence-electron chi connectivity index (χ0n) is 11.7. The van der Waals surface area contributed by atoms with Gasteiger partial charge >= 0.3 is 18.0 Å². The van der Waals surface area contributed by atoms with Gasteiger partial charge in [0.15, 0.2) is 0 Å². The SMILES string of the molecule is CCOC(=O)CCN(C)C(=O)N(CC)CCC(=O)O. The van der Waals surface area contributed by atoms with E-state index in [-0.39, 0.29) is 37.9 Å². The van der Waals surface area contributed by atoms with E-state index in [2.05, 4.69) is 0 Å². The molecule has 0 aliphatic rings. The highest BCUT2D eigenvalue weighted by atomic mass is 16.5. The van der Waals surface area contributed by atoms with Crippen molar-refractivity contribution in [3.63, 3.8) is 0 Å². The third-order valence-corrected chi connectivity index (χ3v) is 2.53. The first-order chi connectivity index (χ1) is 8.92. The Morgan fingerprint density at radius 2 is 1.74 bits per heavy atom. The van der Waals surface area contributed by atoms with Crippen molar-refractivity contribution in [1.29, 1.82) is 0 Å². The van der Waals surface area contributed by atoms with Crippen LogP contribution in [0, 0.1) is 0 Å². The van der Waals surface area contributed by atoms with Crippen LogP contribution in [-0.2, 0) is 14.3 Å². The zero-order chi connectivity index (χ0) is 14.8.